The van der Waals surface area contributed by atoms with Gasteiger partial charge in [0.25, 0.3) is 5.91 Å². The van der Waals surface area contributed by atoms with Crippen molar-refractivity contribution in [2.24, 2.45) is 0 Å². The average Bonchev–Trinajstić information content (AvgIpc) is 3.15. The summed E-state index contributed by atoms with van der Waals surface area (Å²) in [4.78, 5) is 17.3. The maximum absolute atomic E-state index is 12.6. The van der Waals surface area contributed by atoms with Gasteiger partial charge in [-0.2, -0.15) is 0 Å². The Morgan fingerprint density at radius 1 is 1.00 bits per heavy atom. The number of aromatic nitrogens is 2. The maximum Gasteiger partial charge on any atom is 0.251 e. The van der Waals surface area contributed by atoms with Crippen LogP contribution >= 0.6 is 0 Å². The third-order valence-electron chi connectivity index (χ3n) is 5.05. The first-order chi connectivity index (χ1) is 15.1. The molecule has 0 bridgehead atoms. The normalized spacial score (nSPS) is 10.8. The molecule has 1 amide bonds. The largest absolute Gasteiger partial charge is 0.497 e. The summed E-state index contributed by atoms with van der Waals surface area (Å²) in [7, 11) is 1.63. The van der Waals surface area contributed by atoms with Crippen LogP contribution in [0.15, 0.2) is 72.8 Å². The van der Waals surface area contributed by atoms with Crippen LogP contribution in [0.3, 0.4) is 0 Å². The Labute approximate surface area is 181 Å². The van der Waals surface area contributed by atoms with E-state index in [1.54, 1.807) is 7.11 Å². The van der Waals surface area contributed by atoms with Crippen molar-refractivity contribution in [1.29, 1.82) is 0 Å². The first kappa shape index (κ1) is 20.5. The van der Waals surface area contributed by atoms with E-state index in [-0.39, 0.29) is 5.91 Å². The second-order valence-corrected chi connectivity index (χ2v) is 7.25. The SMILES string of the molecule is COc1cccc(OCCn2c(CNC(=O)c3cccc(C)c3)nc3ccccc32)c1. The van der Waals surface area contributed by atoms with E-state index >= 15 is 0 Å². The monoisotopic (exact) mass is 415 g/mol. The van der Waals surface area contributed by atoms with E-state index in [1.165, 1.54) is 0 Å². The quantitative estimate of drug-likeness (QED) is 0.464. The number of fused-ring (bicyclic) bond motifs is 1. The number of methoxy groups -OCH3 is 1. The van der Waals surface area contributed by atoms with Gasteiger partial charge < -0.3 is 19.4 Å². The number of imidazole rings is 1. The second-order valence-electron chi connectivity index (χ2n) is 7.25. The van der Waals surface area contributed by atoms with E-state index in [9.17, 15) is 4.79 Å². The number of nitrogens with zero attached hydrogens (tertiary/aromatic N) is 2. The van der Waals surface area contributed by atoms with Crippen molar-refractivity contribution in [2.45, 2.75) is 20.0 Å². The van der Waals surface area contributed by atoms with Crippen LogP contribution < -0.4 is 14.8 Å². The highest BCUT2D eigenvalue weighted by molar-refractivity contribution is 5.94. The minimum Gasteiger partial charge on any atom is -0.497 e. The van der Waals surface area contributed by atoms with Crippen molar-refractivity contribution in [2.75, 3.05) is 13.7 Å². The minimum absolute atomic E-state index is 0.116. The van der Waals surface area contributed by atoms with Crippen LogP contribution in [0.1, 0.15) is 21.7 Å². The standard InChI is InChI=1S/C25H25N3O3/c1-18-7-5-8-19(15-18)25(29)26-17-24-27-22-11-3-4-12-23(22)28(24)13-14-31-21-10-6-9-20(16-21)30-2/h3-12,15-16H,13-14,17H2,1-2H3,(H,26,29). The third kappa shape index (κ3) is 4.86. The molecule has 0 atom stereocenters. The number of hydrogen-bond donors (Lipinski definition) is 1. The molecule has 158 valence electrons. The number of rotatable bonds is 8. The Hall–Kier alpha value is -3.80. The summed E-state index contributed by atoms with van der Waals surface area (Å²) in [6.07, 6.45) is 0. The van der Waals surface area contributed by atoms with E-state index in [0.717, 1.165) is 33.9 Å². The summed E-state index contributed by atoms with van der Waals surface area (Å²) >= 11 is 0. The van der Waals surface area contributed by atoms with Crippen LogP contribution in [-0.2, 0) is 13.1 Å². The first-order valence-electron chi connectivity index (χ1n) is 10.2. The lowest BCUT2D eigenvalue weighted by Gasteiger charge is -2.12. The highest BCUT2D eigenvalue weighted by Crippen LogP contribution is 2.20. The summed E-state index contributed by atoms with van der Waals surface area (Å²) in [5.41, 5.74) is 3.60. The van der Waals surface area contributed by atoms with Gasteiger partial charge in [-0.15, -0.1) is 0 Å². The zero-order chi connectivity index (χ0) is 21.6. The molecule has 6 nitrogen and oxygen atoms in total. The molecule has 31 heavy (non-hydrogen) atoms. The van der Waals surface area contributed by atoms with Gasteiger partial charge in [-0.1, -0.05) is 35.9 Å². The number of amides is 1. The summed E-state index contributed by atoms with van der Waals surface area (Å²) in [5.74, 6) is 2.18. The van der Waals surface area contributed by atoms with E-state index in [4.69, 9.17) is 14.5 Å². The van der Waals surface area contributed by atoms with E-state index in [2.05, 4.69) is 9.88 Å². The molecule has 0 aliphatic heterocycles. The topological polar surface area (TPSA) is 65.4 Å². The molecule has 0 aliphatic carbocycles. The Kier molecular flexibility index (Phi) is 6.17. The van der Waals surface area contributed by atoms with Crippen LogP contribution in [0.4, 0.5) is 0 Å². The predicted octanol–water partition coefficient (Wildman–Crippen LogP) is 4.36. The van der Waals surface area contributed by atoms with Gasteiger partial charge in [0.05, 0.1) is 31.2 Å². The molecule has 1 aromatic heterocycles. The van der Waals surface area contributed by atoms with E-state index < -0.39 is 0 Å². The molecule has 6 heteroatoms. The molecule has 1 heterocycles. The number of carbonyl (C=O) groups excluding carboxylic acids is 1. The predicted molar refractivity (Wildman–Crippen MR) is 121 cm³/mol. The number of nitrogens with one attached hydrogen (secondary N) is 1. The fraction of sp³-hybridized carbons (Fsp3) is 0.200. The van der Waals surface area contributed by atoms with Crippen molar-refractivity contribution in [1.82, 2.24) is 14.9 Å². The molecule has 0 radical (unpaired) electrons. The van der Waals surface area contributed by atoms with Gasteiger partial charge in [0, 0.05) is 11.6 Å². The van der Waals surface area contributed by atoms with Crippen LogP contribution in [0.5, 0.6) is 11.5 Å². The summed E-state index contributed by atoms with van der Waals surface area (Å²) in [5, 5.41) is 2.99. The zero-order valence-electron chi connectivity index (χ0n) is 17.7. The third-order valence-corrected chi connectivity index (χ3v) is 5.05. The van der Waals surface area contributed by atoms with Crippen molar-refractivity contribution in [3.63, 3.8) is 0 Å². The molecule has 0 fully saturated rings. The number of ether oxygens (including phenoxy) is 2. The Morgan fingerprint density at radius 2 is 1.81 bits per heavy atom. The summed E-state index contributed by atoms with van der Waals surface area (Å²) in [6.45, 7) is 3.37. The van der Waals surface area contributed by atoms with Crippen LogP contribution in [0, 0.1) is 6.92 Å². The average molecular weight is 415 g/mol. The molecule has 0 aliphatic rings. The highest BCUT2D eigenvalue weighted by Gasteiger charge is 2.13. The number of benzene rings is 3. The molecule has 0 spiro atoms. The number of aryl methyl sites for hydroxylation is 1. The number of para-hydroxylation sites is 2. The Balaban J connectivity index is 1.48. The first-order valence-corrected chi connectivity index (χ1v) is 10.2. The van der Waals surface area contributed by atoms with Gasteiger partial charge in [0.15, 0.2) is 0 Å². The lowest BCUT2D eigenvalue weighted by Crippen LogP contribution is -2.25. The fourth-order valence-corrected chi connectivity index (χ4v) is 3.50. The summed E-state index contributed by atoms with van der Waals surface area (Å²) in [6, 6.07) is 23.0. The van der Waals surface area contributed by atoms with Crippen LogP contribution in [0.2, 0.25) is 0 Å². The van der Waals surface area contributed by atoms with Gasteiger partial charge in [-0.05, 0) is 43.3 Å². The molecular weight excluding hydrogens is 390 g/mol. The van der Waals surface area contributed by atoms with Crippen LogP contribution in [-0.4, -0.2) is 29.2 Å². The van der Waals surface area contributed by atoms with Gasteiger partial charge in [0.2, 0.25) is 0 Å². The van der Waals surface area contributed by atoms with Gasteiger partial charge in [0.1, 0.15) is 23.9 Å². The van der Waals surface area contributed by atoms with E-state index in [0.29, 0.717) is 25.3 Å². The Morgan fingerprint density at radius 3 is 2.65 bits per heavy atom. The molecule has 0 unspecified atom stereocenters. The summed E-state index contributed by atoms with van der Waals surface area (Å²) < 4.78 is 13.3. The van der Waals surface area contributed by atoms with Crippen molar-refractivity contribution in [3.05, 3.63) is 89.7 Å². The molecule has 1 N–H and O–H groups in total. The lowest BCUT2D eigenvalue weighted by molar-refractivity contribution is 0.0949. The second kappa shape index (κ2) is 9.34. The Bertz CT molecular complexity index is 1200. The van der Waals surface area contributed by atoms with E-state index in [1.807, 2.05) is 79.7 Å². The molecular formula is C25H25N3O3. The fourth-order valence-electron chi connectivity index (χ4n) is 3.50. The maximum atomic E-state index is 12.6. The van der Waals surface area contributed by atoms with Crippen LogP contribution in [0.25, 0.3) is 11.0 Å². The minimum atomic E-state index is -0.116. The van der Waals surface area contributed by atoms with Gasteiger partial charge in [-0.25, -0.2) is 4.98 Å². The van der Waals surface area contributed by atoms with Gasteiger partial charge in [-0.3, -0.25) is 4.79 Å². The number of carbonyl (C=O) groups is 1. The highest BCUT2D eigenvalue weighted by atomic mass is 16.5. The molecule has 4 rings (SSSR count). The molecule has 0 saturated carbocycles. The molecule has 4 aromatic rings. The molecule has 3 aromatic carbocycles. The molecule has 0 saturated heterocycles. The lowest BCUT2D eigenvalue weighted by atomic mass is 10.1. The number of hydrogen-bond acceptors (Lipinski definition) is 4. The zero-order valence-corrected chi connectivity index (χ0v) is 17.7. The smallest absolute Gasteiger partial charge is 0.251 e. The van der Waals surface area contributed by atoms with Crippen molar-refractivity contribution < 1.29 is 14.3 Å². The van der Waals surface area contributed by atoms with Gasteiger partial charge >= 0.3 is 0 Å². The van der Waals surface area contributed by atoms with Crippen molar-refractivity contribution in [3.8, 4) is 11.5 Å². The van der Waals surface area contributed by atoms with Crippen molar-refractivity contribution >= 4 is 16.9 Å².